The van der Waals surface area contributed by atoms with E-state index in [0.29, 0.717) is 12.0 Å². The largest absolute Gasteiger partial charge is 0.311 e. The lowest BCUT2D eigenvalue weighted by atomic mass is 9.89. The first-order valence-electron chi connectivity index (χ1n) is 7.55. The van der Waals surface area contributed by atoms with Gasteiger partial charge in [-0.2, -0.15) is 5.26 Å². The predicted octanol–water partition coefficient (Wildman–Crippen LogP) is 3.75. The highest BCUT2D eigenvalue weighted by molar-refractivity contribution is 7.10. The van der Waals surface area contributed by atoms with E-state index in [1.165, 1.54) is 36.4 Å². The van der Waals surface area contributed by atoms with E-state index < -0.39 is 0 Å². The van der Waals surface area contributed by atoms with Crippen molar-refractivity contribution in [2.24, 2.45) is 0 Å². The Morgan fingerprint density at radius 3 is 2.62 bits per heavy atom. The highest BCUT2D eigenvalue weighted by Crippen LogP contribution is 2.47. The molecule has 2 fully saturated rings. The standard InChI is InChI=1S/C16H18N4S/c1-16(2,13-7-10(8-17)9-21-13)15-19-18-14(11-3-4-11)20(15)12-5-6-12/h7,9,11-12H,3-6H2,1-2H3. The third-order valence-corrected chi connectivity index (χ3v) is 5.73. The van der Waals surface area contributed by atoms with Gasteiger partial charge in [-0.05, 0) is 45.6 Å². The maximum atomic E-state index is 9.05. The van der Waals surface area contributed by atoms with E-state index >= 15 is 0 Å². The fourth-order valence-corrected chi connectivity index (χ4v) is 3.83. The first-order valence-corrected chi connectivity index (χ1v) is 8.43. The van der Waals surface area contributed by atoms with Gasteiger partial charge in [-0.1, -0.05) is 0 Å². The molecule has 21 heavy (non-hydrogen) atoms. The zero-order valence-corrected chi connectivity index (χ0v) is 13.2. The van der Waals surface area contributed by atoms with Crippen molar-refractivity contribution >= 4 is 11.3 Å². The first-order chi connectivity index (χ1) is 10.1. The zero-order valence-electron chi connectivity index (χ0n) is 12.3. The first kappa shape index (κ1) is 13.0. The highest BCUT2D eigenvalue weighted by Gasteiger charge is 2.40. The van der Waals surface area contributed by atoms with Crippen LogP contribution in [0.25, 0.3) is 0 Å². The van der Waals surface area contributed by atoms with Gasteiger partial charge in [0.2, 0.25) is 0 Å². The van der Waals surface area contributed by atoms with Crippen LogP contribution >= 0.6 is 11.3 Å². The summed E-state index contributed by atoms with van der Waals surface area (Å²) in [6.07, 6.45) is 5.00. The molecule has 0 unspecified atom stereocenters. The monoisotopic (exact) mass is 298 g/mol. The van der Waals surface area contributed by atoms with Crippen molar-refractivity contribution in [1.29, 1.82) is 5.26 Å². The van der Waals surface area contributed by atoms with Gasteiger partial charge in [0.05, 0.1) is 11.0 Å². The number of nitriles is 1. The molecule has 5 heteroatoms. The van der Waals surface area contributed by atoms with Crippen molar-refractivity contribution < 1.29 is 0 Å². The van der Waals surface area contributed by atoms with Gasteiger partial charge in [0.1, 0.15) is 17.7 Å². The minimum atomic E-state index is -0.192. The summed E-state index contributed by atoms with van der Waals surface area (Å²) in [5, 5.41) is 20.0. The van der Waals surface area contributed by atoms with Crippen LogP contribution in [0.5, 0.6) is 0 Å². The third-order valence-electron chi connectivity index (χ3n) is 4.48. The van der Waals surface area contributed by atoms with Gasteiger partial charge in [-0.15, -0.1) is 21.5 Å². The van der Waals surface area contributed by atoms with Crippen LogP contribution in [0.4, 0.5) is 0 Å². The van der Waals surface area contributed by atoms with E-state index in [2.05, 4.69) is 34.7 Å². The molecule has 0 N–H and O–H groups in total. The number of nitrogens with zero attached hydrogens (tertiary/aromatic N) is 4. The summed E-state index contributed by atoms with van der Waals surface area (Å²) in [6, 6.07) is 4.81. The molecule has 0 bridgehead atoms. The zero-order chi connectivity index (χ0) is 14.6. The average Bonchev–Trinajstić information content (AvgIpc) is 3.40. The molecule has 4 rings (SSSR count). The molecule has 0 radical (unpaired) electrons. The van der Waals surface area contributed by atoms with E-state index in [0.717, 1.165) is 11.4 Å². The Kier molecular flexibility index (Phi) is 2.74. The number of hydrogen-bond donors (Lipinski definition) is 0. The van der Waals surface area contributed by atoms with Gasteiger partial charge < -0.3 is 4.57 Å². The Balaban J connectivity index is 1.79. The van der Waals surface area contributed by atoms with Crippen LogP contribution in [0.1, 0.15) is 73.6 Å². The van der Waals surface area contributed by atoms with E-state index in [1.807, 2.05) is 11.4 Å². The minimum Gasteiger partial charge on any atom is -0.311 e. The average molecular weight is 298 g/mol. The van der Waals surface area contributed by atoms with Crippen LogP contribution in [0.15, 0.2) is 11.4 Å². The van der Waals surface area contributed by atoms with E-state index in [-0.39, 0.29) is 5.41 Å². The topological polar surface area (TPSA) is 54.5 Å². The van der Waals surface area contributed by atoms with Crippen molar-refractivity contribution in [1.82, 2.24) is 14.8 Å². The molecule has 2 aromatic heterocycles. The van der Waals surface area contributed by atoms with Gasteiger partial charge in [-0.3, -0.25) is 0 Å². The SMILES string of the molecule is CC(C)(c1cc(C#N)cs1)c1nnc(C2CC2)n1C1CC1. The van der Waals surface area contributed by atoms with Crippen molar-refractivity contribution in [2.45, 2.75) is 56.9 Å². The molecule has 2 aliphatic rings. The van der Waals surface area contributed by atoms with Crippen LogP contribution < -0.4 is 0 Å². The summed E-state index contributed by atoms with van der Waals surface area (Å²) in [7, 11) is 0. The molecule has 2 aliphatic carbocycles. The molecule has 0 amide bonds. The summed E-state index contributed by atoms with van der Waals surface area (Å²) in [6.45, 7) is 4.39. The van der Waals surface area contributed by atoms with Crippen LogP contribution in [-0.2, 0) is 5.41 Å². The maximum Gasteiger partial charge on any atom is 0.144 e. The van der Waals surface area contributed by atoms with E-state index in [1.54, 1.807) is 11.3 Å². The lowest BCUT2D eigenvalue weighted by Gasteiger charge is -2.23. The Hall–Kier alpha value is -1.67. The maximum absolute atomic E-state index is 9.05. The number of hydrogen-bond acceptors (Lipinski definition) is 4. The molecule has 4 nitrogen and oxygen atoms in total. The Labute approximate surface area is 128 Å². The number of thiophene rings is 1. The molecule has 2 heterocycles. The smallest absolute Gasteiger partial charge is 0.144 e. The summed E-state index contributed by atoms with van der Waals surface area (Å²) in [5.74, 6) is 2.89. The Morgan fingerprint density at radius 2 is 2.05 bits per heavy atom. The van der Waals surface area contributed by atoms with Gasteiger partial charge in [-0.25, -0.2) is 0 Å². The summed E-state index contributed by atoms with van der Waals surface area (Å²) in [4.78, 5) is 1.19. The molecule has 0 spiro atoms. The molecule has 2 saturated carbocycles. The second-order valence-corrected chi connectivity index (χ2v) is 7.60. The van der Waals surface area contributed by atoms with Gasteiger partial charge >= 0.3 is 0 Å². The molecular formula is C16H18N4S. The highest BCUT2D eigenvalue weighted by atomic mass is 32.1. The molecule has 0 saturated heterocycles. The molecule has 0 atom stereocenters. The molecule has 108 valence electrons. The van der Waals surface area contributed by atoms with Gasteiger partial charge in [0, 0.05) is 22.2 Å². The predicted molar refractivity (Wildman–Crippen MR) is 81.4 cm³/mol. The fraction of sp³-hybridized carbons (Fsp3) is 0.562. The minimum absolute atomic E-state index is 0.192. The van der Waals surface area contributed by atoms with E-state index in [4.69, 9.17) is 5.26 Å². The molecule has 0 aromatic carbocycles. The lowest BCUT2D eigenvalue weighted by Crippen LogP contribution is -2.24. The van der Waals surface area contributed by atoms with Gasteiger partial charge in [0.15, 0.2) is 0 Å². The number of aromatic nitrogens is 3. The fourth-order valence-electron chi connectivity index (χ4n) is 2.87. The Morgan fingerprint density at radius 1 is 1.29 bits per heavy atom. The van der Waals surface area contributed by atoms with Gasteiger partial charge in [0.25, 0.3) is 0 Å². The summed E-state index contributed by atoms with van der Waals surface area (Å²) < 4.78 is 2.41. The second kappa shape index (κ2) is 4.41. The van der Waals surface area contributed by atoms with Crippen LogP contribution in [0.3, 0.4) is 0 Å². The third kappa shape index (κ3) is 2.09. The van der Waals surface area contributed by atoms with Crippen LogP contribution in [0.2, 0.25) is 0 Å². The Bertz CT molecular complexity index is 726. The molecule has 0 aliphatic heterocycles. The second-order valence-electron chi connectivity index (χ2n) is 6.69. The van der Waals surface area contributed by atoms with Crippen molar-refractivity contribution in [3.8, 4) is 6.07 Å². The summed E-state index contributed by atoms with van der Waals surface area (Å²) in [5.41, 5.74) is 0.547. The molecule has 2 aromatic rings. The quantitative estimate of drug-likeness (QED) is 0.863. The van der Waals surface area contributed by atoms with Crippen molar-refractivity contribution in [2.75, 3.05) is 0 Å². The van der Waals surface area contributed by atoms with Crippen molar-refractivity contribution in [3.63, 3.8) is 0 Å². The lowest BCUT2D eigenvalue weighted by molar-refractivity contribution is 0.533. The van der Waals surface area contributed by atoms with Crippen LogP contribution in [0, 0.1) is 11.3 Å². The van der Waals surface area contributed by atoms with E-state index in [9.17, 15) is 0 Å². The number of rotatable bonds is 4. The van der Waals surface area contributed by atoms with Crippen LogP contribution in [-0.4, -0.2) is 14.8 Å². The summed E-state index contributed by atoms with van der Waals surface area (Å²) >= 11 is 1.65. The van der Waals surface area contributed by atoms with Crippen molar-refractivity contribution in [3.05, 3.63) is 33.5 Å². The normalized spacial score (nSPS) is 18.7. The molecular weight excluding hydrogens is 280 g/mol.